The number of hydrogen-bond donors (Lipinski definition) is 2. The smallest absolute Gasteiger partial charge is 0.110 e. The molecule has 1 heterocycles. The van der Waals surface area contributed by atoms with Gasteiger partial charge in [0, 0.05) is 31.4 Å². The number of nitrogens with one attached hydrogen (secondary N) is 1. The third-order valence-electron chi connectivity index (χ3n) is 3.96. The lowest BCUT2D eigenvalue weighted by Gasteiger charge is -2.16. The summed E-state index contributed by atoms with van der Waals surface area (Å²) >= 11 is 0. The molecule has 1 unspecified atom stereocenters. The van der Waals surface area contributed by atoms with Crippen molar-refractivity contribution in [3.05, 3.63) is 18.2 Å². The Hall–Kier alpha value is -0.870. The summed E-state index contributed by atoms with van der Waals surface area (Å²) in [6.45, 7) is 5.38. The highest BCUT2D eigenvalue weighted by atomic mass is 15.2. The number of imidazole rings is 1. The Kier molecular flexibility index (Phi) is 9.33. The number of nitrogens with zero attached hydrogens (tertiary/aromatic N) is 2. The van der Waals surface area contributed by atoms with Gasteiger partial charge >= 0.3 is 0 Å². The summed E-state index contributed by atoms with van der Waals surface area (Å²) in [5.74, 6) is 6.81. The zero-order chi connectivity index (χ0) is 14.6. The van der Waals surface area contributed by atoms with Crippen LogP contribution in [-0.4, -0.2) is 15.6 Å². The van der Waals surface area contributed by atoms with E-state index in [1.807, 2.05) is 12.4 Å². The molecule has 0 amide bonds. The van der Waals surface area contributed by atoms with E-state index in [0.29, 0.717) is 6.04 Å². The van der Waals surface area contributed by atoms with Gasteiger partial charge in [0.15, 0.2) is 0 Å². The first-order valence-corrected chi connectivity index (χ1v) is 8.27. The molecule has 0 radical (unpaired) electrons. The van der Waals surface area contributed by atoms with E-state index in [-0.39, 0.29) is 0 Å². The first-order valence-electron chi connectivity index (χ1n) is 8.27. The predicted molar refractivity (Wildman–Crippen MR) is 85.3 cm³/mol. The van der Waals surface area contributed by atoms with E-state index >= 15 is 0 Å². The molecule has 0 fully saturated rings. The molecule has 1 rings (SSSR count). The summed E-state index contributed by atoms with van der Waals surface area (Å²) in [5.41, 5.74) is 2.95. The van der Waals surface area contributed by atoms with Crippen LogP contribution in [0.2, 0.25) is 0 Å². The van der Waals surface area contributed by atoms with E-state index in [1.165, 1.54) is 44.9 Å². The number of aryl methyl sites for hydroxylation is 1. The second-order valence-corrected chi connectivity index (χ2v) is 5.61. The minimum absolute atomic E-state index is 0.346. The third-order valence-corrected chi connectivity index (χ3v) is 3.96. The SMILES string of the molecule is CCCCCCCCCC(Cc1nccn1CC)NN. The third kappa shape index (κ3) is 6.53. The summed E-state index contributed by atoms with van der Waals surface area (Å²) in [6.07, 6.45) is 15.4. The molecule has 1 aromatic rings. The highest BCUT2D eigenvalue weighted by molar-refractivity contribution is 4.95. The Morgan fingerprint density at radius 2 is 1.85 bits per heavy atom. The molecule has 4 nitrogen and oxygen atoms in total. The Bertz CT molecular complexity index is 335. The molecule has 3 N–H and O–H groups in total. The molecule has 1 aromatic heterocycles. The number of rotatable bonds is 12. The summed E-state index contributed by atoms with van der Waals surface area (Å²) < 4.78 is 2.19. The fourth-order valence-electron chi connectivity index (χ4n) is 2.63. The molecule has 0 spiro atoms. The number of unbranched alkanes of at least 4 members (excludes halogenated alkanes) is 6. The second kappa shape index (κ2) is 10.9. The van der Waals surface area contributed by atoms with Crippen molar-refractivity contribution in [2.75, 3.05) is 0 Å². The van der Waals surface area contributed by atoms with E-state index in [9.17, 15) is 0 Å². The first kappa shape index (κ1) is 17.2. The fraction of sp³-hybridized carbons (Fsp3) is 0.812. The molecule has 4 heteroatoms. The molecule has 116 valence electrons. The maximum absolute atomic E-state index is 5.67. The monoisotopic (exact) mass is 280 g/mol. The average Bonchev–Trinajstić information content (AvgIpc) is 2.92. The van der Waals surface area contributed by atoms with Crippen molar-refractivity contribution in [3.8, 4) is 0 Å². The van der Waals surface area contributed by atoms with Gasteiger partial charge < -0.3 is 4.57 Å². The van der Waals surface area contributed by atoms with Gasteiger partial charge in [-0.25, -0.2) is 4.98 Å². The molecule has 0 aliphatic carbocycles. The van der Waals surface area contributed by atoms with Crippen molar-refractivity contribution in [3.63, 3.8) is 0 Å². The second-order valence-electron chi connectivity index (χ2n) is 5.61. The molecule has 0 aliphatic rings. The zero-order valence-corrected chi connectivity index (χ0v) is 13.3. The van der Waals surface area contributed by atoms with Gasteiger partial charge in [0.05, 0.1) is 0 Å². The van der Waals surface area contributed by atoms with Crippen LogP contribution in [0.1, 0.15) is 71.0 Å². The molecule has 1 atom stereocenters. The van der Waals surface area contributed by atoms with E-state index < -0.39 is 0 Å². The van der Waals surface area contributed by atoms with Crippen molar-refractivity contribution < 1.29 is 0 Å². The first-order chi connectivity index (χ1) is 9.81. The topological polar surface area (TPSA) is 55.9 Å². The van der Waals surface area contributed by atoms with Crippen molar-refractivity contribution in [1.29, 1.82) is 0 Å². The minimum Gasteiger partial charge on any atom is -0.335 e. The van der Waals surface area contributed by atoms with Gasteiger partial charge in [0.1, 0.15) is 5.82 Å². The summed E-state index contributed by atoms with van der Waals surface area (Å²) in [5, 5.41) is 0. The number of hydrazine groups is 1. The van der Waals surface area contributed by atoms with Gasteiger partial charge in [0.25, 0.3) is 0 Å². The van der Waals surface area contributed by atoms with Gasteiger partial charge in [-0.05, 0) is 13.3 Å². The Labute approximate surface area is 124 Å². The van der Waals surface area contributed by atoms with E-state index in [1.54, 1.807) is 0 Å². The van der Waals surface area contributed by atoms with Crippen LogP contribution in [-0.2, 0) is 13.0 Å². The molecule has 20 heavy (non-hydrogen) atoms. The van der Waals surface area contributed by atoms with Crippen LogP contribution < -0.4 is 11.3 Å². The Morgan fingerprint density at radius 1 is 1.15 bits per heavy atom. The lowest BCUT2D eigenvalue weighted by molar-refractivity contribution is 0.445. The van der Waals surface area contributed by atoms with Gasteiger partial charge in [-0.2, -0.15) is 0 Å². The molecular weight excluding hydrogens is 248 g/mol. The van der Waals surface area contributed by atoms with Crippen LogP contribution in [0.25, 0.3) is 0 Å². The predicted octanol–water partition coefficient (Wildman–Crippen LogP) is 3.42. The molecular formula is C16H32N4. The molecule has 0 bridgehead atoms. The van der Waals surface area contributed by atoms with Crippen LogP contribution in [0.3, 0.4) is 0 Å². The Balaban J connectivity index is 2.16. The molecule has 0 saturated carbocycles. The van der Waals surface area contributed by atoms with Crippen LogP contribution in [0.4, 0.5) is 0 Å². The van der Waals surface area contributed by atoms with Gasteiger partial charge in [0.2, 0.25) is 0 Å². The van der Waals surface area contributed by atoms with Crippen LogP contribution >= 0.6 is 0 Å². The molecule has 0 aliphatic heterocycles. The number of hydrogen-bond acceptors (Lipinski definition) is 3. The van der Waals surface area contributed by atoms with Crippen LogP contribution in [0.5, 0.6) is 0 Å². The van der Waals surface area contributed by atoms with Gasteiger partial charge in [-0.3, -0.25) is 11.3 Å². The van der Waals surface area contributed by atoms with Gasteiger partial charge in [-0.15, -0.1) is 0 Å². The van der Waals surface area contributed by atoms with Crippen LogP contribution in [0.15, 0.2) is 12.4 Å². The lowest BCUT2D eigenvalue weighted by atomic mass is 10.0. The standard InChI is InChI=1S/C16H32N4/c1-3-5-6-7-8-9-10-11-15(19-17)14-16-18-12-13-20(16)4-2/h12-13,15,19H,3-11,14,17H2,1-2H3. The van der Waals surface area contributed by atoms with Crippen molar-refractivity contribution in [1.82, 2.24) is 15.0 Å². The quantitative estimate of drug-likeness (QED) is 0.350. The highest BCUT2D eigenvalue weighted by Crippen LogP contribution is 2.11. The van der Waals surface area contributed by atoms with E-state index in [2.05, 4.69) is 28.8 Å². The maximum Gasteiger partial charge on any atom is 0.110 e. The van der Waals surface area contributed by atoms with E-state index in [4.69, 9.17) is 5.84 Å². The number of aromatic nitrogens is 2. The molecule has 0 aromatic carbocycles. The summed E-state index contributed by atoms with van der Waals surface area (Å²) in [4.78, 5) is 4.42. The average molecular weight is 280 g/mol. The van der Waals surface area contributed by atoms with Gasteiger partial charge in [-0.1, -0.05) is 51.9 Å². The Morgan fingerprint density at radius 3 is 2.50 bits per heavy atom. The number of nitrogens with two attached hydrogens (primary N) is 1. The largest absolute Gasteiger partial charge is 0.335 e. The lowest BCUT2D eigenvalue weighted by Crippen LogP contribution is -2.37. The van der Waals surface area contributed by atoms with Crippen molar-refractivity contribution in [2.45, 2.75) is 84.2 Å². The summed E-state index contributed by atoms with van der Waals surface area (Å²) in [6, 6.07) is 0.346. The highest BCUT2D eigenvalue weighted by Gasteiger charge is 2.11. The zero-order valence-electron chi connectivity index (χ0n) is 13.3. The van der Waals surface area contributed by atoms with Crippen molar-refractivity contribution >= 4 is 0 Å². The van der Waals surface area contributed by atoms with Crippen molar-refractivity contribution in [2.24, 2.45) is 5.84 Å². The fourth-order valence-corrected chi connectivity index (χ4v) is 2.63. The minimum atomic E-state index is 0.346. The normalized spacial score (nSPS) is 12.8. The molecule has 0 saturated heterocycles. The van der Waals surface area contributed by atoms with E-state index in [0.717, 1.165) is 25.2 Å². The van der Waals surface area contributed by atoms with Crippen LogP contribution in [0, 0.1) is 0 Å². The maximum atomic E-state index is 5.67. The summed E-state index contributed by atoms with van der Waals surface area (Å²) in [7, 11) is 0.